The first-order valence-electron chi connectivity index (χ1n) is 5.06. The molecule has 2 rings (SSSR count). The third kappa shape index (κ3) is 1.78. The van der Waals surface area contributed by atoms with Crippen molar-refractivity contribution in [3.05, 3.63) is 57.8 Å². The van der Waals surface area contributed by atoms with Gasteiger partial charge in [-0.3, -0.25) is 9.48 Å². The summed E-state index contributed by atoms with van der Waals surface area (Å²) in [4.78, 5) is 11.6. The summed E-state index contributed by atoms with van der Waals surface area (Å²) in [5.41, 5.74) is 1.27. The van der Waals surface area contributed by atoms with Crippen LogP contribution in [0, 0.1) is 12.7 Å². The molecule has 0 spiro atoms. The van der Waals surface area contributed by atoms with Crippen molar-refractivity contribution in [3.63, 3.8) is 0 Å². The van der Waals surface area contributed by atoms with E-state index in [2.05, 4.69) is 0 Å². The van der Waals surface area contributed by atoms with Crippen LogP contribution in [0.3, 0.4) is 0 Å². The predicted octanol–water partition coefficient (Wildman–Crippen LogP) is 1.68. The molecule has 0 aliphatic heterocycles. The van der Waals surface area contributed by atoms with Crippen LogP contribution < -0.4 is 5.56 Å². The van der Waals surface area contributed by atoms with E-state index in [1.807, 2.05) is 6.92 Å². The van der Waals surface area contributed by atoms with E-state index < -0.39 is 0 Å². The van der Waals surface area contributed by atoms with E-state index in [0.717, 1.165) is 5.69 Å². The van der Waals surface area contributed by atoms with Gasteiger partial charge in [0.05, 0.1) is 6.54 Å². The van der Waals surface area contributed by atoms with Crippen LogP contribution in [0.2, 0.25) is 0 Å². The maximum atomic E-state index is 13.4. The molecule has 0 bridgehead atoms. The van der Waals surface area contributed by atoms with Gasteiger partial charge < -0.3 is 0 Å². The molecule has 4 heteroatoms. The van der Waals surface area contributed by atoms with Crippen LogP contribution in [0.5, 0.6) is 0 Å². The van der Waals surface area contributed by atoms with Crippen LogP contribution >= 0.6 is 0 Å². The quantitative estimate of drug-likeness (QED) is 0.756. The largest absolute Gasteiger partial charge is 0.290 e. The van der Waals surface area contributed by atoms with E-state index in [9.17, 15) is 9.18 Å². The third-order valence-electron chi connectivity index (χ3n) is 2.74. The second-order valence-electron chi connectivity index (χ2n) is 3.80. The van der Waals surface area contributed by atoms with Crippen molar-refractivity contribution in [1.82, 2.24) is 9.36 Å². The average molecular weight is 220 g/mol. The Labute approximate surface area is 92.7 Å². The number of aromatic nitrogens is 2. The molecule has 0 aliphatic rings. The molecule has 0 radical (unpaired) electrons. The number of halogens is 1. The van der Waals surface area contributed by atoms with Gasteiger partial charge in [-0.2, -0.15) is 0 Å². The summed E-state index contributed by atoms with van der Waals surface area (Å²) in [6.45, 7) is 2.11. The predicted molar refractivity (Wildman–Crippen MR) is 59.9 cm³/mol. The topological polar surface area (TPSA) is 26.9 Å². The molecule has 3 nitrogen and oxygen atoms in total. The maximum Gasteiger partial charge on any atom is 0.267 e. The lowest BCUT2D eigenvalue weighted by atomic mass is 10.2. The molecular weight excluding hydrogens is 207 g/mol. The number of hydrogen-bond acceptors (Lipinski definition) is 1. The Kier molecular flexibility index (Phi) is 2.64. The Morgan fingerprint density at radius 1 is 1.31 bits per heavy atom. The fraction of sp³-hybridized carbons (Fsp3) is 0.250. The minimum atomic E-state index is -0.284. The second-order valence-corrected chi connectivity index (χ2v) is 3.80. The highest BCUT2D eigenvalue weighted by molar-refractivity contribution is 5.17. The Bertz CT molecular complexity index is 569. The zero-order valence-corrected chi connectivity index (χ0v) is 9.27. The average Bonchev–Trinajstić information content (AvgIpc) is 2.48. The standard InChI is InChI=1S/C12H13FN2O/c1-9-7-12(16)15(14(9)2)8-10-5-3-4-6-11(10)13/h3-7H,8H2,1-2H3. The molecule has 0 fully saturated rings. The highest BCUT2D eigenvalue weighted by Gasteiger charge is 2.07. The summed E-state index contributed by atoms with van der Waals surface area (Å²) in [6.07, 6.45) is 0. The van der Waals surface area contributed by atoms with Crippen molar-refractivity contribution in [2.45, 2.75) is 13.5 Å². The minimum Gasteiger partial charge on any atom is -0.290 e. The van der Waals surface area contributed by atoms with E-state index >= 15 is 0 Å². The SMILES string of the molecule is Cc1cc(=O)n(Cc2ccccc2F)n1C. The van der Waals surface area contributed by atoms with E-state index in [1.54, 1.807) is 36.0 Å². The monoisotopic (exact) mass is 220 g/mol. The first-order valence-corrected chi connectivity index (χ1v) is 5.06. The summed E-state index contributed by atoms with van der Waals surface area (Å²) in [5.74, 6) is -0.284. The second kappa shape index (κ2) is 3.96. The first-order chi connectivity index (χ1) is 7.59. The number of rotatable bonds is 2. The Morgan fingerprint density at radius 3 is 2.56 bits per heavy atom. The van der Waals surface area contributed by atoms with Gasteiger partial charge in [0.2, 0.25) is 0 Å². The molecule has 2 aromatic rings. The zero-order valence-electron chi connectivity index (χ0n) is 9.27. The van der Waals surface area contributed by atoms with Crippen molar-refractivity contribution >= 4 is 0 Å². The van der Waals surface area contributed by atoms with Crippen LogP contribution in [-0.2, 0) is 13.6 Å². The van der Waals surface area contributed by atoms with E-state index in [1.165, 1.54) is 10.7 Å². The molecule has 1 heterocycles. The molecule has 0 saturated carbocycles. The zero-order chi connectivity index (χ0) is 11.7. The number of hydrogen-bond donors (Lipinski definition) is 0. The summed E-state index contributed by atoms with van der Waals surface area (Å²) in [5, 5.41) is 0. The molecule has 0 saturated heterocycles. The summed E-state index contributed by atoms with van der Waals surface area (Å²) >= 11 is 0. The van der Waals surface area contributed by atoms with Gasteiger partial charge >= 0.3 is 0 Å². The third-order valence-corrected chi connectivity index (χ3v) is 2.74. The fourth-order valence-electron chi connectivity index (χ4n) is 1.66. The van der Waals surface area contributed by atoms with Gasteiger partial charge in [0.15, 0.2) is 0 Å². The van der Waals surface area contributed by atoms with Gasteiger partial charge in [0.1, 0.15) is 5.82 Å². The first kappa shape index (κ1) is 10.7. The van der Waals surface area contributed by atoms with E-state index in [0.29, 0.717) is 5.56 Å². The normalized spacial score (nSPS) is 10.7. The van der Waals surface area contributed by atoms with Crippen LogP contribution in [0.15, 0.2) is 35.1 Å². The Balaban J connectivity index is 2.42. The van der Waals surface area contributed by atoms with Gasteiger partial charge in [-0.25, -0.2) is 9.07 Å². The Hall–Kier alpha value is -1.84. The molecule has 84 valence electrons. The molecule has 0 atom stereocenters. The van der Waals surface area contributed by atoms with Gasteiger partial charge in [0.25, 0.3) is 5.56 Å². The Morgan fingerprint density at radius 2 is 2.00 bits per heavy atom. The summed E-state index contributed by atoms with van der Waals surface area (Å²) < 4.78 is 16.7. The number of aryl methyl sites for hydroxylation is 1. The van der Waals surface area contributed by atoms with Crippen LogP contribution in [0.25, 0.3) is 0 Å². The molecule has 1 aromatic carbocycles. The van der Waals surface area contributed by atoms with Gasteiger partial charge in [-0.15, -0.1) is 0 Å². The minimum absolute atomic E-state index is 0.108. The van der Waals surface area contributed by atoms with E-state index in [4.69, 9.17) is 0 Å². The van der Waals surface area contributed by atoms with Crippen LogP contribution in [-0.4, -0.2) is 9.36 Å². The molecule has 0 amide bonds. The van der Waals surface area contributed by atoms with Crippen molar-refractivity contribution in [1.29, 1.82) is 0 Å². The highest BCUT2D eigenvalue weighted by atomic mass is 19.1. The van der Waals surface area contributed by atoms with Crippen molar-refractivity contribution in [2.75, 3.05) is 0 Å². The van der Waals surface area contributed by atoms with Gasteiger partial charge in [-0.05, 0) is 13.0 Å². The maximum absolute atomic E-state index is 13.4. The van der Waals surface area contributed by atoms with Crippen molar-refractivity contribution < 1.29 is 4.39 Å². The smallest absolute Gasteiger partial charge is 0.267 e. The molecule has 0 aliphatic carbocycles. The van der Waals surface area contributed by atoms with Crippen LogP contribution in [0.1, 0.15) is 11.3 Å². The molecule has 0 unspecified atom stereocenters. The van der Waals surface area contributed by atoms with Crippen LogP contribution in [0.4, 0.5) is 4.39 Å². The summed E-state index contributed by atoms with van der Waals surface area (Å²) in [6, 6.07) is 8.03. The lowest BCUT2D eigenvalue weighted by Gasteiger charge is -2.09. The molecular formula is C12H13FN2O. The highest BCUT2D eigenvalue weighted by Crippen LogP contribution is 2.07. The van der Waals surface area contributed by atoms with Crippen molar-refractivity contribution in [2.24, 2.45) is 7.05 Å². The summed E-state index contributed by atoms with van der Waals surface area (Å²) in [7, 11) is 1.79. The lowest BCUT2D eigenvalue weighted by molar-refractivity contribution is 0.507. The number of benzene rings is 1. The fourth-order valence-corrected chi connectivity index (χ4v) is 1.66. The molecule has 0 N–H and O–H groups in total. The number of nitrogens with zero attached hydrogens (tertiary/aromatic N) is 2. The van der Waals surface area contributed by atoms with Gasteiger partial charge in [-0.1, -0.05) is 18.2 Å². The molecule has 16 heavy (non-hydrogen) atoms. The lowest BCUT2D eigenvalue weighted by Crippen LogP contribution is -2.22. The van der Waals surface area contributed by atoms with Gasteiger partial charge in [0, 0.05) is 24.4 Å². The van der Waals surface area contributed by atoms with Crippen molar-refractivity contribution in [3.8, 4) is 0 Å². The van der Waals surface area contributed by atoms with E-state index in [-0.39, 0.29) is 17.9 Å². The molecule has 1 aromatic heterocycles.